The van der Waals surface area contributed by atoms with Crippen molar-refractivity contribution in [2.75, 3.05) is 11.9 Å². The highest BCUT2D eigenvalue weighted by molar-refractivity contribution is 5.86. The van der Waals surface area contributed by atoms with Crippen molar-refractivity contribution in [3.05, 3.63) is 53.8 Å². The summed E-state index contributed by atoms with van der Waals surface area (Å²) in [7, 11) is 0. The lowest BCUT2D eigenvalue weighted by atomic mass is 10.2. The zero-order chi connectivity index (χ0) is 18.2. The van der Waals surface area contributed by atoms with E-state index in [9.17, 15) is 14.3 Å². The first-order valence-corrected chi connectivity index (χ1v) is 7.75. The van der Waals surface area contributed by atoms with Crippen LogP contribution in [0.15, 0.2) is 47.6 Å². The molecule has 0 heterocycles. The molecule has 0 saturated heterocycles. The van der Waals surface area contributed by atoms with Crippen LogP contribution in [0.4, 0.5) is 10.1 Å². The first-order valence-electron chi connectivity index (χ1n) is 7.75. The molecule has 0 aliphatic carbocycles. The number of hydrazone groups is 1. The van der Waals surface area contributed by atoms with Gasteiger partial charge in [-0.15, -0.1) is 0 Å². The number of ether oxygens (including phenoxy) is 1. The van der Waals surface area contributed by atoms with Gasteiger partial charge in [-0.1, -0.05) is 0 Å². The molecule has 3 N–H and O–H groups in total. The molecule has 2 aromatic carbocycles. The number of phenolic OH excluding ortho intramolecular Hbond substituents is 1. The van der Waals surface area contributed by atoms with Crippen molar-refractivity contribution in [1.29, 1.82) is 0 Å². The number of nitrogens with one attached hydrogen (secondary N) is 2. The molecule has 6 nitrogen and oxygen atoms in total. The first kappa shape index (κ1) is 18.3. The molecule has 2 aromatic rings. The molecule has 0 aliphatic heterocycles. The minimum atomic E-state index is -0.375. The van der Waals surface area contributed by atoms with Gasteiger partial charge >= 0.3 is 0 Å². The smallest absolute Gasteiger partial charge is 0.259 e. The van der Waals surface area contributed by atoms with Crippen molar-refractivity contribution in [2.45, 2.75) is 20.0 Å². The molecule has 2 rings (SSSR count). The Hall–Kier alpha value is -3.09. The second kappa shape index (κ2) is 8.68. The SMILES string of the molecule is CC(C)Oc1ccc(/C=N\NC(=O)CNc2ccc(F)cc2)c(O)c1. The van der Waals surface area contributed by atoms with Crippen LogP contribution >= 0.6 is 0 Å². The van der Waals surface area contributed by atoms with Crippen LogP contribution in [0, 0.1) is 5.82 Å². The Labute approximate surface area is 145 Å². The monoisotopic (exact) mass is 345 g/mol. The van der Waals surface area contributed by atoms with Gasteiger partial charge in [-0.25, -0.2) is 9.82 Å². The molecule has 0 atom stereocenters. The molecule has 0 saturated carbocycles. The minimum Gasteiger partial charge on any atom is -0.507 e. The van der Waals surface area contributed by atoms with Crippen LogP contribution in [0.5, 0.6) is 11.5 Å². The number of phenols is 1. The Morgan fingerprint density at radius 1 is 1.28 bits per heavy atom. The summed E-state index contributed by atoms with van der Waals surface area (Å²) in [4.78, 5) is 11.7. The molecule has 132 valence electrons. The largest absolute Gasteiger partial charge is 0.507 e. The summed E-state index contributed by atoms with van der Waals surface area (Å²) in [5.41, 5.74) is 3.41. The van der Waals surface area contributed by atoms with E-state index in [0.717, 1.165) is 0 Å². The zero-order valence-electron chi connectivity index (χ0n) is 14.0. The van der Waals surface area contributed by atoms with Gasteiger partial charge in [-0.05, 0) is 50.2 Å². The molecule has 0 fully saturated rings. The topological polar surface area (TPSA) is 83.0 Å². The molecule has 25 heavy (non-hydrogen) atoms. The van der Waals surface area contributed by atoms with Crippen LogP contribution in [0.25, 0.3) is 0 Å². The van der Waals surface area contributed by atoms with Gasteiger partial charge < -0.3 is 15.2 Å². The Morgan fingerprint density at radius 2 is 2.00 bits per heavy atom. The molecule has 0 aromatic heterocycles. The van der Waals surface area contributed by atoms with E-state index in [1.165, 1.54) is 36.5 Å². The van der Waals surface area contributed by atoms with Crippen molar-refractivity contribution < 1.29 is 19.0 Å². The number of halogens is 1. The van der Waals surface area contributed by atoms with Gasteiger partial charge in [-0.3, -0.25) is 4.79 Å². The maximum Gasteiger partial charge on any atom is 0.259 e. The van der Waals surface area contributed by atoms with Crippen molar-refractivity contribution in [3.8, 4) is 11.5 Å². The molecule has 0 aliphatic rings. The lowest BCUT2D eigenvalue weighted by molar-refractivity contribution is -0.119. The van der Waals surface area contributed by atoms with Gasteiger partial charge in [0.05, 0.1) is 18.9 Å². The van der Waals surface area contributed by atoms with E-state index in [2.05, 4.69) is 15.8 Å². The number of carbonyl (C=O) groups is 1. The van der Waals surface area contributed by atoms with Crippen LogP contribution < -0.4 is 15.5 Å². The maximum atomic E-state index is 12.8. The van der Waals surface area contributed by atoms with E-state index in [-0.39, 0.29) is 30.1 Å². The van der Waals surface area contributed by atoms with Crippen molar-refractivity contribution >= 4 is 17.8 Å². The Bertz CT molecular complexity index is 746. The summed E-state index contributed by atoms with van der Waals surface area (Å²) in [6.07, 6.45) is 1.34. The fourth-order valence-corrected chi connectivity index (χ4v) is 1.94. The van der Waals surface area contributed by atoms with Crippen molar-refractivity contribution in [1.82, 2.24) is 5.43 Å². The maximum absolute atomic E-state index is 12.8. The predicted octanol–water partition coefficient (Wildman–Crippen LogP) is 2.88. The average molecular weight is 345 g/mol. The number of amides is 1. The molecular formula is C18H20FN3O3. The number of hydrogen-bond acceptors (Lipinski definition) is 5. The molecule has 7 heteroatoms. The number of benzene rings is 2. The highest BCUT2D eigenvalue weighted by atomic mass is 19.1. The third-order valence-corrected chi connectivity index (χ3v) is 3.06. The standard InChI is InChI=1S/C18H20FN3O3/c1-12(2)25-16-8-3-13(17(23)9-16)10-21-22-18(24)11-20-15-6-4-14(19)5-7-15/h3-10,12,20,23H,11H2,1-2H3,(H,22,24)/b21-10-. The second-order valence-electron chi connectivity index (χ2n) is 5.54. The summed E-state index contributed by atoms with van der Waals surface area (Å²) in [5.74, 6) is -0.165. The fourth-order valence-electron chi connectivity index (χ4n) is 1.94. The van der Waals surface area contributed by atoms with E-state index >= 15 is 0 Å². The zero-order valence-corrected chi connectivity index (χ0v) is 14.0. The number of anilines is 1. The van der Waals surface area contributed by atoms with Gasteiger partial charge in [0.2, 0.25) is 0 Å². The van der Waals surface area contributed by atoms with E-state index in [4.69, 9.17) is 4.74 Å². The van der Waals surface area contributed by atoms with E-state index in [1.54, 1.807) is 12.1 Å². The van der Waals surface area contributed by atoms with Gasteiger partial charge in [0.15, 0.2) is 0 Å². The first-order chi connectivity index (χ1) is 11.9. The molecule has 0 radical (unpaired) electrons. The number of rotatable bonds is 7. The Morgan fingerprint density at radius 3 is 2.64 bits per heavy atom. The number of carbonyl (C=O) groups excluding carboxylic acids is 1. The minimum absolute atomic E-state index is 0.000543. The van der Waals surface area contributed by atoms with Gasteiger partial charge in [0, 0.05) is 17.3 Å². The Balaban J connectivity index is 1.83. The van der Waals surface area contributed by atoms with E-state index in [0.29, 0.717) is 17.0 Å². The highest BCUT2D eigenvalue weighted by Gasteiger charge is 2.04. The molecule has 0 unspecified atom stereocenters. The van der Waals surface area contributed by atoms with Crippen LogP contribution in [0.2, 0.25) is 0 Å². The van der Waals surface area contributed by atoms with Gasteiger partial charge in [0.25, 0.3) is 5.91 Å². The highest BCUT2D eigenvalue weighted by Crippen LogP contribution is 2.23. The molecular weight excluding hydrogens is 325 g/mol. The summed E-state index contributed by atoms with van der Waals surface area (Å²) in [6, 6.07) is 10.5. The van der Waals surface area contributed by atoms with E-state index < -0.39 is 0 Å². The van der Waals surface area contributed by atoms with Crippen LogP contribution in [0.3, 0.4) is 0 Å². The second-order valence-corrected chi connectivity index (χ2v) is 5.54. The molecule has 1 amide bonds. The third kappa shape index (κ3) is 6.14. The van der Waals surface area contributed by atoms with Crippen LogP contribution in [-0.2, 0) is 4.79 Å². The molecule has 0 bridgehead atoms. The van der Waals surface area contributed by atoms with Crippen molar-refractivity contribution in [2.24, 2.45) is 5.10 Å². The summed E-state index contributed by atoms with van der Waals surface area (Å²) < 4.78 is 18.2. The van der Waals surface area contributed by atoms with Gasteiger partial charge in [-0.2, -0.15) is 5.10 Å². The van der Waals surface area contributed by atoms with Crippen molar-refractivity contribution in [3.63, 3.8) is 0 Å². The number of aromatic hydroxyl groups is 1. The number of nitrogens with zero attached hydrogens (tertiary/aromatic N) is 1. The predicted molar refractivity (Wildman–Crippen MR) is 94.5 cm³/mol. The van der Waals surface area contributed by atoms with Gasteiger partial charge in [0.1, 0.15) is 17.3 Å². The quantitative estimate of drug-likeness (QED) is 0.532. The normalized spacial score (nSPS) is 10.9. The lowest BCUT2D eigenvalue weighted by Gasteiger charge is -2.10. The average Bonchev–Trinajstić information content (AvgIpc) is 2.56. The third-order valence-electron chi connectivity index (χ3n) is 3.06. The Kier molecular flexibility index (Phi) is 6.33. The summed E-state index contributed by atoms with van der Waals surface area (Å²) >= 11 is 0. The summed E-state index contributed by atoms with van der Waals surface area (Å²) in [5, 5.41) is 16.5. The lowest BCUT2D eigenvalue weighted by Crippen LogP contribution is -2.25. The molecule has 0 spiro atoms. The summed E-state index contributed by atoms with van der Waals surface area (Å²) in [6.45, 7) is 3.76. The number of hydrogen-bond donors (Lipinski definition) is 3. The van der Waals surface area contributed by atoms with E-state index in [1.807, 2.05) is 13.8 Å². The fraction of sp³-hybridized carbons (Fsp3) is 0.222. The van der Waals surface area contributed by atoms with Crippen LogP contribution in [0.1, 0.15) is 19.4 Å². The van der Waals surface area contributed by atoms with Crippen LogP contribution in [-0.4, -0.2) is 29.9 Å².